The molecule has 2 aromatic rings. The molecule has 0 saturated heterocycles. The lowest BCUT2D eigenvalue weighted by atomic mass is 9.78. The molecule has 1 aliphatic carbocycles. The van der Waals surface area contributed by atoms with E-state index in [0.29, 0.717) is 11.5 Å². The summed E-state index contributed by atoms with van der Waals surface area (Å²) in [5, 5.41) is -0.0258. The van der Waals surface area contributed by atoms with Crippen LogP contribution in [0.15, 0.2) is 27.4 Å². The van der Waals surface area contributed by atoms with Crippen LogP contribution in [0.2, 0.25) is 0 Å². The molecule has 1 heterocycles. The van der Waals surface area contributed by atoms with Crippen molar-refractivity contribution in [1.82, 2.24) is 4.98 Å². The standard InChI is InChI=1S/C15H18ClNO2/c1-15(2)7-3-4-10(15)13(16)9-5-6-11-12(8-9)19-14(18)17-11/h5-6,8,10,13H,3-4,7H2,1-2H3,(H,17,18). The van der Waals surface area contributed by atoms with Gasteiger partial charge < -0.3 is 4.42 Å². The Kier molecular flexibility index (Phi) is 2.97. The molecule has 0 radical (unpaired) electrons. The fourth-order valence-corrected chi connectivity index (χ4v) is 3.86. The molecule has 0 aliphatic heterocycles. The Morgan fingerprint density at radius 3 is 2.95 bits per heavy atom. The van der Waals surface area contributed by atoms with E-state index in [4.69, 9.17) is 16.0 Å². The number of nitrogens with one attached hydrogen (secondary N) is 1. The third-order valence-corrected chi connectivity index (χ3v) is 5.01. The minimum atomic E-state index is -0.417. The highest BCUT2D eigenvalue weighted by molar-refractivity contribution is 6.21. The SMILES string of the molecule is CC1(C)CCCC1C(Cl)c1ccc2[nH]c(=O)oc2c1. The Morgan fingerprint density at radius 1 is 1.47 bits per heavy atom. The van der Waals surface area contributed by atoms with Gasteiger partial charge in [0, 0.05) is 0 Å². The molecule has 4 heteroatoms. The third-order valence-electron chi connectivity index (χ3n) is 4.46. The number of fused-ring (bicyclic) bond motifs is 1. The highest BCUT2D eigenvalue weighted by Crippen LogP contribution is 2.51. The van der Waals surface area contributed by atoms with E-state index in [0.717, 1.165) is 17.5 Å². The largest absolute Gasteiger partial charge is 0.417 e. The predicted octanol–water partition coefficient (Wildman–Crippen LogP) is 4.23. The molecule has 2 atom stereocenters. The van der Waals surface area contributed by atoms with E-state index in [1.54, 1.807) is 0 Å². The number of H-pyrrole nitrogens is 1. The first-order valence-electron chi connectivity index (χ1n) is 6.74. The zero-order valence-electron chi connectivity index (χ0n) is 11.2. The fraction of sp³-hybridized carbons (Fsp3) is 0.533. The monoisotopic (exact) mass is 279 g/mol. The molecule has 1 aromatic carbocycles. The van der Waals surface area contributed by atoms with Gasteiger partial charge in [0.15, 0.2) is 5.58 Å². The van der Waals surface area contributed by atoms with Gasteiger partial charge >= 0.3 is 5.76 Å². The van der Waals surface area contributed by atoms with Crippen LogP contribution in [-0.4, -0.2) is 4.98 Å². The third kappa shape index (κ3) is 2.20. The van der Waals surface area contributed by atoms with Gasteiger partial charge in [0.2, 0.25) is 0 Å². The molecule has 0 bridgehead atoms. The van der Waals surface area contributed by atoms with Crippen LogP contribution in [0.25, 0.3) is 11.1 Å². The van der Waals surface area contributed by atoms with E-state index >= 15 is 0 Å². The number of halogens is 1. The number of aromatic nitrogens is 1. The van der Waals surface area contributed by atoms with Crippen molar-refractivity contribution in [1.29, 1.82) is 0 Å². The van der Waals surface area contributed by atoms with Gasteiger partial charge in [-0.05, 0) is 41.9 Å². The lowest BCUT2D eigenvalue weighted by Crippen LogP contribution is -2.21. The van der Waals surface area contributed by atoms with Gasteiger partial charge in [-0.3, -0.25) is 4.98 Å². The molecule has 1 aromatic heterocycles. The van der Waals surface area contributed by atoms with Gasteiger partial charge in [-0.1, -0.05) is 26.3 Å². The maximum absolute atomic E-state index is 11.2. The minimum absolute atomic E-state index is 0.0258. The van der Waals surface area contributed by atoms with Crippen molar-refractivity contribution in [3.05, 3.63) is 34.3 Å². The van der Waals surface area contributed by atoms with Gasteiger partial charge in [-0.25, -0.2) is 4.79 Å². The summed E-state index contributed by atoms with van der Waals surface area (Å²) < 4.78 is 5.10. The van der Waals surface area contributed by atoms with Crippen LogP contribution in [-0.2, 0) is 0 Å². The van der Waals surface area contributed by atoms with E-state index in [1.165, 1.54) is 12.8 Å². The van der Waals surface area contributed by atoms with Crippen LogP contribution >= 0.6 is 11.6 Å². The number of hydrogen-bond acceptors (Lipinski definition) is 2. The molecule has 2 unspecified atom stereocenters. The zero-order valence-corrected chi connectivity index (χ0v) is 12.0. The number of benzene rings is 1. The van der Waals surface area contributed by atoms with Gasteiger partial charge in [0.25, 0.3) is 0 Å². The van der Waals surface area contributed by atoms with E-state index in [-0.39, 0.29) is 10.8 Å². The molecule has 1 fully saturated rings. The number of alkyl halides is 1. The summed E-state index contributed by atoms with van der Waals surface area (Å²) in [5.74, 6) is 0.0525. The maximum Gasteiger partial charge on any atom is 0.417 e. The molecule has 102 valence electrons. The topological polar surface area (TPSA) is 46.0 Å². The Balaban J connectivity index is 1.97. The van der Waals surface area contributed by atoms with Gasteiger partial charge in [0.1, 0.15) is 0 Å². The molecule has 3 nitrogen and oxygen atoms in total. The smallest absolute Gasteiger partial charge is 0.408 e. The second kappa shape index (κ2) is 4.41. The summed E-state index contributed by atoms with van der Waals surface area (Å²) in [6, 6.07) is 5.74. The van der Waals surface area contributed by atoms with Crippen LogP contribution in [0.5, 0.6) is 0 Å². The molecular weight excluding hydrogens is 262 g/mol. The Hall–Kier alpha value is -1.22. The lowest BCUT2D eigenvalue weighted by Gasteiger charge is -2.31. The average molecular weight is 280 g/mol. The maximum atomic E-state index is 11.2. The zero-order chi connectivity index (χ0) is 13.6. The number of aromatic amines is 1. The van der Waals surface area contributed by atoms with E-state index in [1.807, 2.05) is 18.2 Å². The van der Waals surface area contributed by atoms with Crippen molar-refractivity contribution in [3.63, 3.8) is 0 Å². The molecule has 1 aliphatic rings. The summed E-state index contributed by atoms with van der Waals surface area (Å²) in [6.45, 7) is 4.57. The van der Waals surface area contributed by atoms with E-state index in [2.05, 4.69) is 18.8 Å². The van der Waals surface area contributed by atoms with E-state index in [9.17, 15) is 4.79 Å². The number of hydrogen-bond donors (Lipinski definition) is 1. The van der Waals surface area contributed by atoms with Crippen LogP contribution < -0.4 is 5.76 Å². The second-order valence-corrected chi connectivity index (χ2v) is 6.63. The highest BCUT2D eigenvalue weighted by Gasteiger charge is 2.39. The summed E-state index contributed by atoms with van der Waals surface area (Å²) in [4.78, 5) is 13.8. The molecule has 0 spiro atoms. The predicted molar refractivity (Wildman–Crippen MR) is 76.6 cm³/mol. The second-order valence-electron chi connectivity index (χ2n) is 6.16. The minimum Gasteiger partial charge on any atom is -0.408 e. The van der Waals surface area contributed by atoms with Crippen LogP contribution in [0, 0.1) is 11.3 Å². The van der Waals surface area contributed by atoms with Crippen molar-refractivity contribution in [2.24, 2.45) is 11.3 Å². The Morgan fingerprint density at radius 2 is 2.26 bits per heavy atom. The highest BCUT2D eigenvalue weighted by atomic mass is 35.5. The average Bonchev–Trinajstić information content (AvgIpc) is 2.88. The Labute approximate surface area is 117 Å². The van der Waals surface area contributed by atoms with E-state index < -0.39 is 5.76 Å². The van der Waals surface area contributed by atoms with Crippen molar-refractivity contribution in [3.8, 4) is 0 Å². The van der Waals surface area contributed by atoms with Gasteiger partial charge in [0.05, 0.1) is 10.9 Å². The van der Waals surface area contributed by atoms with Crippen LogP contribution in [0.4, 0.5) is 0 Å². The molecule has 3 rings (SSSR count). The molecule has 0 amide bonds. The summed E-state index contributed by atoms with van der Waals surface area (Å²) in [7, 11) is 0. The fourth-order valence-electron chi connectivity index (χ4n) is 3.26. The molecular formula is C15H18ClNO2. The van der Waals surface area contributed by atoms with Crippen molar-refractivity contribution in [2.45, 2.75) is 38.5 Å². The number of rotatable bonds is 2. The van der Waals surface area contributed by atoms with Gasteiger partial charge in [-0.15, -0.1) is 11.6 Å². The Bertz CT molecular complexity index is 655. The summed E-state index contributed by atoms with van der Waals surface area (Å²) >= 11 is 6.67. The van der Waals surface area contributed by atoms with Crippen molar-refractivity contribution >= 4 is 22.7 Å². The quantitative estimate of drug-likeness (QED) is 0.836. The first-order chi connectivity index (χ1) is 8.97. The molecule has 1 saturated carbocycles. The first kappa shape index (κ1) is 12.8. The number of oxazole rings is 1. The normalized spacial score (nSPS) is 23.8. The summed E-state index contributed by atoms with van der Waals surface area (Å²) in [5.41, 5.74) is 2.63. The van der Waals surface area contributed by atoms with Crippen molar-refractivity contribution < 1.29 is 4.42 Å². The van der Waals surface area contributed by atoms with Gasteiger partial charge in [-0.2, -0.15) is 0 Å². The van der Waals surface area contributed by atoms with Crippen LogP contribution in [0.3, 0.4) is 0 Å². The van der Waals surface area contributed by atoms with Crippen LogP contribution in [0.1, 0.15) is 44.1 Å². The lowest BCUT2D eigenvalue weighted by molar-refractivity contribution is 0.252. The molecule has 19 heavy (non-hydrogen) atoms. The molecule has 1 N–H and O–H groups in total. The summed E-state index contributed by atoms with van der Waals surface area (Å²) in [6.07, 6.45) is 3.63. The first-order valence-corrected chi connectivity index (χ1v) is 7.18. The van der Waals surface area contributed by atoms with Crippen molar-refractivity contribution in [2.75, 3.05) is 0 Å².